The van der Waals surface area contributed by atoms with Gasteiger partial charge in [-0.3, -0.25) is 9.59 Å². The number of carbonyl (C=O) groups is 2. The van der Waals surface area contributed by atoms with Gasteiger partial charge in [0.2, 0.25) is 23.7 Å². The van der Waals surface area contributed by atoms with Crippen molar-refractivity contribution in [2.75, 3.05) is 98.1 Å². The monoisotopic (exact) mass is 1490 g/mol. The number of nitrogens with zero attached hydrogens (tertiary/aromatic N) is 10. The Hall–Kier alpha value is -3.95. The molecule has 0 unspecified atom stereocenters. The summed E-state index contributed by atoms with van der Waals surface area (Å²) in [5, 5.41) is 13.2. The summed E-state index contributed by atoms with van der Waals surface area (Å²) in [5.74, 6) is 4.03. The average Bonchev–Trinajstić information content (AvgIpc) is 1.76. The van der Waals surface area contributed by atoms with E-state index in [-0.39, 0.29) is 48.4 Å². The van der Waals surface area contributed by atoms with E-state index < -0.39 is 18.3 Å². The molecule has 0 spiro atoms. The van der Waals surface area contributed by atoms with Crippen LogP contribution in [0.1, 0.15) is 132 Å². The molecule has 6 aliphatic heterocycles. The molecule has 91 heavy (non-hydrogen) atoms. The van der Waals surface area contributed by atoms with Crippen LogP contribution in [0.25, 0.3) is 11.3 Å². The van der Waals surface area contributed by atoms with Crippen LogP contribution in [-0.2, 0) is 52.9 Å². The van der Waals surface area contributed by atoms with E-state index in [1.807, 2.05) is 53.0 Å². The Morgan fingerprint density at radius 3 is 1.40 bits per heavy atom. The van der Waals surface area contributed by atoms with Crippen molar-refractivity contribution >= 4 is 119 Å². The van der Waals surface area contributed by atoms with E-state index >= 15 is 0 Å². The van der Waals surface area contributed by atoms with Crippen molar-refractivity contribution < 1.29 is 28.4 Å². The molecule has 6 fully saturated rings. The molecular formula is C65H100BBr3Cl2N14O6. The van der Waals surface area contributed by atoms with E-state index in [4.69, 9.17) is 47.0 Å². The summed E-state index contributed by atoms with van der Waals surface area (Å²) in [4.78, 5) is 46.4. The fourth-order valence-electron chi connectivity index (χ4n) is 11.9. The van der Waals surface area contributed by atoms with Crippen LogP contribution in [-0.4, -0.2) is 166 Å². The number of hydrogen-bond donors (Lipinski definition) is 4. The van der Waals surface area contributed by atoms with Gasteiger partial charge >= 0.3 is 7.12 Å². The molecule has 2 amide bonds. The van der Waals surface area contributed by atoms with Crippen LogP contribution < -0.4 is 55.8 Å². The lowest BCUT2D eigenvalue weighted by molar-refractivity contribution is -0.117. The molecule has 0 bridgehead atoms. The fraction of sp³-hybridized carbons (Fsp3) is 0.646. The molecular weight excluding hydrogens is 1390 g/mol. The number of ether oxygens (including phenoxy) is 2. The Kier molecular flexibility index (Phi) is 27.9. The average molecular weight is 1500 g/mol. The predicted octanol–water partition coefficient (Wildman–Crippen LogP) is 10.9. The van der Waals surface area contributed by atoms with E-state index in [1.54, 1.807) is 20.8 Å². The lowest BCUT2D eigenvalue weighted by atomic mass is 9.75. The third kappa shape index (κ3) is 19.4. The van der Waals surface area contributed by atoms with Crippen LogP contribution >= 0.6 is 71.0 Å². The molecule has 4 saturated heterocycles. The number of piperazine rings is 3. The van der Waals surface area contributed by atoms with E-state index in [0.717, 1.165) is 206 Å². The number of fused-ring (bicyclic) bond motifs is 2. The van der Waals surface area contributed by atoms with Gasteiger partial charge in [0.05, 0.1) is 40.5 Å². The highest BCUT2D eigenvalue weighted by Gasteiger charge is 2.53. The molecule has 2 saturated carbocycles. The number of aromatic nitrogens is 6. The number of alkyl halides is 2. The molecule has 2 aromatic carbocycles. The molecule has 5 aromatic rings. The standard InChI is InChI=1S/C24H33N5O2.C22H32BNO4.C8H13BrN4.C4H4Br2N2.C4H10N2.C2H4Cl2.CH4/c1-16-7-8-20-22(29(16)17(2)30)10-9-19(23(20)31-18-5-4-6-18)21-15-27(3)24(26-21)28-13-11-25-12-14-28;1-14-10-11-17-19(24(14)15(2)25)13-12-18(20(17)26-16-8-7-9-16)23-27-21(3,4)22(5,6)28-23;1-12-6-7(9)11-8(12)13-4-2-10-3-5-13;1-8-2-3(5)7-4(8)6;1-2-6-4-3-5-1;1-2(3)4;/h9-10,15-16,18,25H,4-8,11-14H2,1-3H3;12-14,16H,7-11H2,1-6H3;6,10H,2-5H2,1H3;2H,1H3;5-6H,1-4H2;2H,1H3;1H4/t16-;14-;;;;;/m00...../s1. The van der Waals surface area contributed by atoms with Gasteiger partial charge in [0.1, 0.15) is 25.5 Å². The van der Waals surface area contributed by atoms with Crippen LogP contribution in [0.3, 0.4) is 0 Å². The lowest BCUT2D eigenvalue weighted by Gasteiger charge is -2.37. The summed E-state index contributed by atoms with van der Waals surface area (Å²) < 4.78 is 34.4. The van der Waals surface area contributed by atoms with Crippen LogP contribution in [0.15, 0.2) is 56.8 Å². The summed E-state index contributed by atoms with van der Waals surface area (Å²) >= 11 is 19.9. The number of anilines is 4. The van der Waals surface area contributed by atoms with E-state index in [0.29, 0.717) is 0 Å². The van der Waals surface area contributed by atoms with Crippen molar-refractivity contribution in [2.45, 2.75) is 174 Å². The fourth-order valence-corrected chi connectivity index (χ4v) is 13.3. The van der Waals surface area contributed by atoms with Gasteiger partial charge in [-0.15, -0.1) is 23.2 Å². The number of aryl methyl sites for hydroxylation is 3. The van der Waals surface area contributed by atoms with Crippen molar-refractivity contribution in [3.63, 3.8) is 0 Å². The topological polar surface area (TPSA) is 186 Å². The van der Waals surface area contributed by atoms with Crippen LogP contribution in [0.2, 0.25) is 0 Å². The lowest BCUT2D eigenvalue weighted by Crippen LogP contribution is -2.44. The minimum atomic E-state index is -0.462. The van der Waals surface area contributed by atoms with Crippen LogP contribution in [0, 0.1) is 0 Å². The number of nitrogens with one attached hydrogen (secondary N) is 4. The molecule has 13 rings (SSSR count). The predicted molar refractivity (Wildman–Crippen MR) is 383 cm³/mol. The Bertz CT molecular complexity index is 3110. The zero-order valence-corrected chi connectivity index (χ0v) is 61.1. The molecule has 3 aromatic heterocycles. The van der Waals surface area contributed by atoms with Gasteiger partial charge in [-0.25, -0.2) is 15.0 Å². The zero-order chi connectivity index (χ0) is 65.0. The molecule has 26 heteroatoms. The second-order valence-electron chi connectivity index (χ2n) is 25.4. The highest BCUT2D eigenvalue weighted by molar-refractivity contribution is 9.11. The van der Waals surface area contributed by atoms with Crippen LogP contribution in [0.5, 0.6) is 11.5 Å². The maximum Gasteiger partial charge on any atom is 0.498 e. The summed E-state index contributed by atoms with van der Waals surface area (Å²) in [6.07, 6.45) is 17.0. The number of hydrogen-bond acceptors (Lipinski definition) is 15. The third-order valence-electron chi connectivity index (χ3n) is 17.9. The third-order valence-corrected chi connectivity index (χ3v) is 19.4. The summed E-state index contributed by atoms with van der Waals surface area (Å²) in [6.45, 7) is 30.1. The quantitative estimate of drug-likeness (QED) is 0.0849. The van der Waals surface area contributed by atoms with E-state index in [9.17, 15) is 9.59 Å². The Morgan fingerprint density at radius 1 is 0.604 bits per heavy atom. The minimum Gasteiger partial charge on any atom is -0.490 e. The first-order chi connectivity index (χ1) is 42.8. The van der Waals surface area contributed by atoms with Gasteiger partial charge in [-0.2, -0.15) is 0 Å². The summed E-state index contributed by atoms with van der Waals surface area (Å²) in [7, 11) is 5.55. The first-order valence-electron chi connectivity index (χ1n) is 32.1. The minimum absolute atomic E-state index is 0. The highest BCUT2D eigenvalue weighted by Crippen LogP contribution is 2.46. The molecule has 4 N–H and O–H groups in total. The van der Waals surface area contributed by atoms with Crippen molar-refractivity contribution in [2.24, 2.45) is 21.1 Å². The zero-order valence-electron chi connectivity index (χ0n) is 54.9. The van der Waals surface area contributed by atoms with Gasteiger partial charge in [0.25, 0.3) is 0 Å². The molecule has 0 radical (unpaired) electrons. The van der Waals surface area contributed by atoms with Gasteiger partial charge in [-0.05, 0) is 179 Å². The summed E-state index contributed by atoms with van der Waals surface area (Å²) in [6, 6.07) is 8.67. The number of carbonyl (C=O) groups excluding carboxylic acids is 2. The second kappa shape index (κ2) is 34.1. The Labute approximate surface area is 577 Å². The first-order valence-corrected chi connectivity index (χ1v) is 35.4. The number of rotatable bonds is 8. The van der Waals surface area contributed by atoms with Crippen molar-refractivity contribution in [3.8, 4) is 22.8 Å². The smallest absolute Gasteiger partial charge is 0.490 e. The molecule has 9 heterocycles. The second-order valence-corrected chi connectivity index (χ2v) is 29.2. The molecule has 504 valence electrons. The van der Waals surface area contributed by atoms with E-state index in [1.165, 1.54) is 12.8 Å². The SMILES string of the molecule is C.C1CNCCN1.CC(=O)N1c2ccc(-c3cn(C)c(N4CCNCC4)n3)c(OC3CCC3)c2CC[C@@H]1C.CC(=O)N1c2ccc(B3OC(C)(C)C(C)(C)O3)c(OC3CCC3)c2CC[C@@H]1C.CC(Cl)Cl.Cn1cc(Br)nc1Br.Cn1cc(Br)nc1N1CCNCC1. The molecule has 2 aliphatic carbocycles. The first kappa shape index (κ1) is 74.5. The number of benzene rings is 2. The number of amides is 2. The van der Waals surface area contributed by atoms with Crippen molar-refractivity contribution in [1.82, 2.24) is 49.9 Å². The maximum atomic E-state index is 12.4. The number of imidazole rings is 3. The van der Waals surface area contributed by atoms with Gasteiger partial charge in [0, 0.05) is 166 Å². The normalized spacial score (nSPS) is 20.7. The highest BCUT2D eigenvalue weighted by atomic mass is 79.9. The number of halogens is 5. The van der Waals surface area contributed by atoms with Gasteiger partial charge in [0.15, 0.2) is 4.73 Å². The maximum absolute atomic E-state index is 12.4. The molecule has 20 nitrogen and oxygen atoms in total. The van der Waals surface area contributed by atoms with Crippen molar-refractivity contribution in [1.29, 1.82) is 0 Å². The molecule has 2 atom stereocenters. The van der Waals surface area contributed by atoms with Crippen molar-refractivity contribution in [3.05, 3.63) is 67.9 Å². The Balaban J connectivity index is 0.000000177. The van der Waals surface area contributed by atoms with Crippen LogP contribution in [0.4, 0.5) is 23.3 Å². The van der Waals surface area contributed by atoms with Gasteiger partial charge < -0.3 is 73.4 Å². The Morgan fingerprint density at radius 2 is 1.01 bits per heavy atom. The summed E-state index contributed by atoms with van der Waals surface area (Å²) in [5.41, 5.74) is 6.38. The largest absolute Gasteiger partial charge is 0.498 e. The van der Waals surface area contributed by atoms with Gasteiger partial charge in [-0.1, -0.05) is 13.5 Å². The van der Waals surface area contributed by atoms with E-state index in [2.05, 4.69) is 165 Å². The molecule has 8 aliphatic rings.